The van der Waals surface area contributed by atoms with Gasteiger partial charge in [-0.15, -0.1) is 0 Å². The van der Waals surface area contributed by atoms with Crippen LogP contribution in [-0.2, 0) is 9.59 Å². The van der Waals surface area contributed by atoms with Crippen LogP contribution in [0.3, 0.4) is 0 Å². The molecule has 2 N–H and O–H groups in total. The van der Waals surface area contributed by atoms with Crippen molar-refractivity contribution < 1.29 is 19.1 Å². The highest BCUT2D eigenvalue weighted by Gasteiger charge is 2.22. The molecule has 2 aromatic carbocycles. The van der Waals surface area contributed by atoms with E-state index in [0.717, 1.165) is 5.56 Å². The molecule has 1 aliphatic heterocycles. The summed E-state index contributed by atoms with van der Waals surface area (Å²) in [6.07, 6.45) is 1.71. The van der Waals surface area contributed by atoms with Crippen molar-refractivity contribution >= 4 is 75.1 Å². The molecule has 156 valence electrons. The third-order valence-electron chi connectivity index (χ3n) is 3.77. The third-order valence-corrected chi connectivity index (χ3v) is 5.67. The summed E-state index contributed by atoms with van der Waals surface area (Å²) in [4.78, 5) is 24.5. The predicted octanol–water partition coefficient (Wildman–Crippen LogP) is 4.90. The first kappa shape index (κ1) is 22.4. The number of nitrogens with one attached hydrogen (secondary N) is 2. The van der Waals surface area contributed by atoms with Gasteiger partial charge in [0.2, 0.25) is 0 Å². The van der Waals surface area contributed by atoms with Crippen LogP contribution in [-0.4, -0.2) is 29.3 Å². The molecule has 0 bridgehead atoms. The number of halogens is 2. The smallest absolute Gasteiger partial charge is 0.263 e. The maximum atomic E-state index is 12.2. The molecule has 0 unspecified atom stereocenters. The first-order valence-corrected chi connectivity index (χ1v) is 10.7. The van der Waals surface area contributed by atoms with Crippen LogP contribution in [0.15, 0.2) is 41.3 Å². The van der Waals surface area contributed by atoms with Gasteiger partial charge in [-0.3, -0.25) is 9.59 Å². The third kappa shape index (κ3) is 5.89. The average Bonchev–Trinajstić information content (AvgIpc) is 3.01. The minimum absolute atomic E-state index is 0.229. The largest absolute Gasteiger partial charge is 0.490 e. The number of amides is 2. The van der Waals surface area contributed by atoms with E-state index in [-0.39, 0.29) is 18.4 Å². The summed E-state index contributed by atoms with van der Waals surface area (Å²) in [6.45, 7) is 2.02. The molecule has 0 spiro atoms. The maximum Gasteiger partial charge on any atom is 0.263 e. The molecule has 2 aromatic rings. The van der Waals surface area contributed by atoms with E-state index in [4.69, 9.17) is 44.9 Å². The van der Waals surface area contributed by atoms with Gasteiger partial charge in [0.05, 0.1) is 21.6 Å². The average molecular weight is 483 g/mol. The van der Waals surface area contributed by atoms with Crippen LogP contribution in [0.1, 0.15) is 12.5 Å². The fourth-order valence-corrected chi connectivity index (χ4v) is 3.83. The molecular weight excluding hydrogens is 467 g/mol. The van der Waals surface area contributed by atoms with E-state index >= 15 is 0 Å². The second-order valence-electron chi connectivity index (χ2n) is 5.96. The minimum Gasteiger partial charge on any atom is -0.490 e. The summed E-state index contributed by atoms with van der Waals surface area (Å²) in [7, 11) is 0. The Hall–Kier alpha value is -2.26. The molecule has 10 heteroatoms. The van der Waals surface area contributed by atoms with Crippen LogP contribution in [0.25, 0.3) is 6.08 Å². The van der Waals surface area contributed by atoms with Gasteiger partial charge >= 0.3 is 0 Å². The highest BCUT2D eigenvalue weighted by Crippen LogP contribution is 2.32. The summed E-state index contributed by atoms with van der Waals surface area (Å²) in [5.41, 5.74) is 1.25. The molecule has 1 heterocycles. The molecule has 0 aromatic heterocycles. The summed E-state index contributed by atoms with van der Waals surface area (Å²) in [6, 6.07) is 9.96. The standard InChI is InChI=1S/C20H16Cl2N2O4S2/c1-2-27-16-7-11(8-17-19(26)24-20(29)30-17)3-6-15(16)28-10-18(25)23-12-4-5-13(21)14(22)9-12/h3-9H,2,10H2,1H3,(H,23,25)(H,24,26,29). The Balaban J connectivity index is 1.68. The van der Waals surface area contributed by atoms with E-state index in [2.05, 4.69) is 10.6 Å². The van der Waals surface area contributed by atoms with Crippen LogP contribution < -0.4 is 20.1 Å². The van der Waals surface area contributed by atoms with Crippen molar-refractivity contribution in [3.8, 4) is 11.5 Å². The number of hydrogen-bond donors (Lipinski definition) is 2. The zero-order valence-corrected chi connectivity index (χ0v) is 18.8. The van der Waals surface area contributed by atoms with Gasteiger partial charge in [-0.25, -0.2) is 0 Å². The van der Waals surface area contributed by atoms with Crippen molar-refractivity contribution in [3.05, 3.63) is 56.9 Å². The number of hydrogen-bond acceptors (Lipinski definition) is 6. The number of rotatable bonds is 7. The Morgan fingerprint density at radius 2 is 1.97 bits per heavy atom. The van der Waals surface area contributed by atoms with Crippen LogP contribution in [0.2, 0.25) is 10.0 Å². The molecule has 0 saturated carbocycles. The number of benzene rings is 2. The lowest BCUT2D eigenvalue weighted by molar-refractivity contribution is -0.118. The molecule has 1 saturated heterocycles. The number of ether oxygens (including phenoxy) is 2. The highest BCUT2D eigenvalue weighted by molar-refractivity contribution is 8.26. The van der Waals surface area contributed by atoms with Gasteiger partial charge in [-0.05, 0) is 48.9 Å². The second kappa shape index (κ2) is 10.2. The van der Waals surface area contributed by atoms with Gasteiger partial charge in [0.15, 0.2) is 18.1 Å². The topological polar surface area (TPSA) is 76.7 Å². The summed E-state index contributed by atoms with van der Waals surface area (Å²) >= 11 is 18.0. The van der Waals surface area contributed by atoms with Crippen molar-refractivity contribution in [1.29, 1.82) is 0 Å². The predicted molar refractivity (Wildman–Crippen MR) is 125 cm³/mol. The van der Waals surface area contributed by atoms with E-state index in [0.29, 0.717) is 43.1 Å². The van der Waals surface area contributed by atoms with Gasteiger partial charge < -0.3 is 20.1 Å². The van der Waals surface area contributed by atoms with Crippen LogP contribution >= 0.6 is 47.2 Å². The molecule has 6 nitrogen and oxygen atoms in total. The van der Waals surface area contributed by atoms with Gasteiger partial charge in [-0.1, -0.05) is 53.2 Å². The molecule has 0 aliphatic carbocycles. The number of thiocarbonyl (C=S) groups is 1. The molecule has 1 aliphatic rings. The van der Waals surface area contributed by atoms with Crippen LogP contribution in [0.4, 0.5) is 5.69 Å². The Labute approximate surface area is 192 Å². The van der Waals surface area contributed by atoms with E-state index in [1.54, 1.807) is 42.5 Å². The Morgan fingerprint density at radius 1 is 1.17 bits per heavy atom. The lowest BCUT2D eigenvalue weighted by Crippen LogP contribution is -2.20. The fraction of sp³-hybridized carbons (Fsp3) is 0.150. The molecule has 0 radical (unpaired) electrons. The Bertz CT molecular complexity index is 1040. The SMILES string of the molecule is CCOc1cc(C=C2SC(=S)NC2=O)ccc1OCC(=O)Nc1ccc(Cl)c(Cl)c1. The maximum absolute atomic E-state index is 12.2. The monoisotopic (exact) mass is 482 g/mol. The van der Waals surface area contributed by atoms with Crippen molar-refractivity contribution in [3.63, 3.8) is 0 Å². The molecule has 2 amide bonds. The molecule has 30 heavy (non-hydrogen) atoms. The van der Waals surface area contributed by atoms with Gasteiger partial charge in [-0.2, -0.15) is 0 Å². The lowest BCUT2D eigenvalue weighted by atomic mass is 10.2. The van der Waals surface area contributed by atoms with Gasteiger partial charge in [0.1, 0.15) is 4.32 Å². The molecule has 1 fully saturated rings. The number of thioether (sulfide) groups is 1. The highest BCUT2D eigenvalue weighted by atomic mass is 35.5. The Kier molecular flexibility index (Phi) is 7.60. The van der Waals surface area contributed by atoms with E-state index in [1.165, 1.54) is 11.8 Å². The number of anilines is 1. The lowest BCUT2D eigenvalue weighted by Gasteiger charge is -2.13. The minimum atomic E-state index is -0.366. The Morgan fingerprint density at radius 3 is 2.63 bits per heavy atom. The zero-order valence-electron chi connectivity index (χ0n) is 15.7. The van der Waals surface area contributed by atoms with E-state index in [1.807, 2.05) is 6.92 Å². The van der Waals surface area contributed by atoms with E-state index in [9.17, 15) is 9.59 Å². The zero-order chi connectivity index (χ0) is 21.7. The summed E-state index contributed by atoms with van der Waals surface area (Å²) in [5, 5.41) is 5.99. The molecular formula is C20H16Cl2N2O4S2. The normalized spacial score (nSPS) is 14.6. The molecule has 3 rings (SSSR count). The fourth-order valence-electron chi connectivity index (χ4n) is 2.49. The number of carbonyl (C=O) groups is 2. The quantitative estimate of drug-likeness (QED) is 0.431. The van der Waals surface area contributed by atoms with Gasteiger partial charge in [0, 0.05) is 5.69 Å². The van der Waals surface area contributed by atoms with Crippen LogP contribution in [0, 0.1) is 0 Å². The summed E-state index contributed by atoms with van der Waals surface area (Å²) < 4.78 is 11.7. The first-order valence-electron chi connectivity index (χ1n) is 8.75. The van der Waals surface area contributed by atoms with E-state index < -0.39 is 0 Å². The first-order chi connectivity index (χ1) is 14.4. The summed E-state index contributed by atoms with van der Waals surface area (Å²) in [5.74, 6) is 0.263. The second-order valence-corrected chi connectivity index (χ2v) is 8.49. The van der Waals surface area contributed by atoms with Crippen molar-refractivity contribution in [1.82, 2.24) is 5.32 Å². The number of carbonyl (C=O) groups excluding carboxylic acids is 2. The molecule has 0 atom stereocenters. The van der Waals surface area contributed by atoms with Gasteiger partial charge in [0.25, 0.3) is 11.8 Å². The van der Waals surface area contributed by atoms with Crippen molar-refractivity contribution in [2.24, 2.45) is 0 Å². The van der Waals surface area contributed by atoms with Crippen molar-refractivity contribution in [2.45, 2.75) is 6.92 Å². The van der Waals surface area contributed by atoms with Crippen molar-refractivity contribution in [2.75, 3.05) is 18.5 Å². The van der Waals surface area contributed by atoms with Crippen LogP contribution in [0.5, 0.6) is 11.5 Å².